The first-order valence-corrected chi connectivity index (χ1v) is 13.9. The highest BCUT2D eigenvalue weighted by Gasteiger charge is 2.63. The Morgan fingerprint density at radius 2 is 1.97 bits per heavy atom. The average molecular weight is 473 g/mol. The van der Waals surface area contributed by atoms with Gasteiger partial charge in [-0.2, -0.15) is 0 Å². The Balaban J connectivity index is 1.58. The highest BCUT2D eigenvalue weighted by molar-refractivity contribution is 5.66. The molecule has 3 saturated carbocycles. The van der Waals surface area contributed by atoms with E-state index < -0.39 is 0 Å². The van der Waals surface area contributed by atoms with Gasteiger partial charge in [0.2, 0.25) is 0 Å². The van der Waals surface area contributed by atoms with Crippen LogP contribution < -0.4 is 0 Å². The molecule has 0 spiro atoms. The van der Waals surface area contributed by atoms with E-state index in [1.807, 2.05) is 0 Å². The molecule has 4 rings (SSSR count). The highest BCUT2D eigenvalue weighted by Crippen LogP contribution is 2.67. The SMILES string of the molecule is C=C(CC[C@@H](C)[C@H]1C[C@@H](O)[C@H]2[C@@H]3CC=C4C[C@@H](O)CC[C@]4(COC(C)=O)[C@H]3CC[C@@]21C)C(C)C. The predicted molar refractivity (Wildman–Crippen MR) is 136 cm³/mol. The van der Waals surface area contributed by atoms with Gasteiger partial charge in [0.15, 0.2) is 0 Å². The fraction of sp³-hybridized carbons (Fsp3) is 0.833. The number of carbonyl (C=O) groups excluding carboxylic acids is 1. The van der Waals surface area contributed by atoms with Crippen LogP contribution in [0, 0.1) is 46.3 Å². The monoisotopic (exact) mass is 472 g/mol. The van der Waals surface area contributed by atoms with E-state index >= 15 is 0 Å². The molecule has 4 nitrogen and oxygen atoms in total. The number of carbonyl (C=O) groups is 1. The van der Waals surface area contributed by atoms with Crippen molar-refractivity contribution < 1.29 is 19.7 Å². The summed E-state index contributed by atoms with van der Waals surface area (Å²) >= 11 is 0. The van der Waals surface area contributed by atoms with E-state index in [9.17, 15) is 15.0 Å². The molecule has 0 aromatic rings. The second-order valence-electron chi connectivity index (χ2n) is 12.9. The van der Waals surface area contributed by atoms with Crippen LogP contribution in [-0.4, -0.2) is 35.0 Å². The largest absolute Gasteiger partial charge is 0.465 e. The van der Waals surface area contributed by atoms with Crippen molar-refractivity contribution in [1.82, 2.24) is 0 Å². The van der Waals surface area contributed by atoms with Crippen LogP contribution in [-0.2, 0) is 9.53 Å². The number of aliphatic hydroxyl groups is 2. The molecule has 0 bridgehead atoms. The lowest BCUT2D eigenvalue weighted by Gasteiger charge is -2.59. The minimum Gasteiger partial charge on any atom is -0.465 e. The summed E-state index contributed by atoms with van der Waals surface area (Å²) in [4.78, 5) is 11.8. The fourth-order valence-electron chi connectivity index (χ4n) is 8.84. The molecule has 4 aliphatic rings. The summed E-state index contributed by atoms with van der Waals surface area (Å²) in [7, 11) is 0. The number of hydrogen-bond donors (Lipinski definition) is 2. The third-order valence-electron chi connectivity index (χ3n) is 10.8. The number of aliphatic hydroxyl groups excluding tert-OH is 2. The van der Waals surface area contributed by atoms with Crippen LogP contribution in [0.5, 0.6) is 0 Å². The van der Waals surface area contributed by atoms with Gasteiger partial charge in [0.1, 0.15) is 6.61 Å². The summed E-state index contributed by atoms with van der Waals surface area (Å²) in [5, 5.41) is 21.9. The molecule has 0 unspecified atom stereocenters. The minimum absolute atomic E-state index is 0.154. The van der Waals surface area contributed by atoms with Crippen molar-refractivity contribution >= 4 is 5.97 Å². The van der Waals surface area contributed by atoms with E-state index in [2.05, 4.69) is 40.3 Å². The minimum atomic E-state index is -0.287. The van der Waals surface area contributed by atoms with Crippen LogP contribution >= 0.6 is 0 Å². The van der Waals surface area contributed by atoms with Gasteiger partial charge in [0.25, 0.3) is 0 Å². The first kappa shape index (κ1) is 25.9. The Morgan fingerprint density at radius 1 is 1.24 bits per heavy atom. The molecule has 2 N–H and O–H groups in total. The zero-order chi connectivity index (χ0) is 24.8. The van der Waals surface area contributed by atoms with Crippen molar-refractivity contribution in [3.63, 3.8) is 0 Å². The van der Waals surface area contributed by atoms with Gasteiger partial charge in [-0.05, 0) is 98.7 Å². The fourth-order valence-corrected chi connectivity index (χ4v) is 8.84. The van der Waals surface area contributed by atoms with Crippen molar-refractivity contribution in [2.45, 2.75) is 105 Å². The molecule has 4 heteroatoms. The van der Waals surface area contributed by atoms with Gasteiger partial charge in [0.05, 0.1) is 12.2 Å². The standard InChI is InChI=1S/C30H48O4/c1-18(2)19(3)7-8-20(4)26-16-27(33)28-24-10-9-22-15-23(32)11-14-30(22,17-34-21(5)31)25(24)12-13-29(26,28)6/h9,18,20,23-28,32-33H,3,7-8,10-17H2,1-2,4-6H3/t20-,23+,24-,25+,26-,27-,28-,29-,30-/m1/s1. The molecule has 0 aromatic carbocycles. The molecular weight excluding hydrogens is 424 g/mol. The predicted octanol–water partition coefficient (Wildman–Crippen LogP) is 6.07. The van der Waals surface area contributed by atoms with E-state index in [4.69, 9.17) is 4.74 Å². The second-order valence-corrected chi connectivity index (χ2v) is 12.9. The normalized spacial score (nSPS) is 42.3. The Morgan fingerprint density at radius 3 is 2.65 bits per heavy atom. The zero-order valence-corrected chi connectivity index (χ0v) is 22.2. The molecule has 0 heterocycles. The lowest BCUT2D eigenvalue weighted by molar-refractivity contribution is -0.151. The van der Waals surface area contributed by atoms with Gasteiger partial charge in [-0.15, -0.1) is 0 Å². The molecule has 0 saturated heterocycles. The van der Waals surface area contributed by atoms with Gasteiger partial charge in [-0.3, -0.25) is 4.79 Å². The molecule has 4 aliphatic carbocycles. The summed E-state index contributed by atoms with van der Waals surface area (Å²) in [5.74, 6) is 2.56. The number of allylic oxidation sites excluding steroid dienone is 2. The third-order valence-corrected chi connectivity index (χ3v) is 10.8. The highest BCUT2D eigenvalue weighted by atomic mass is 16.5. The summed E-state index contributed by atoms with van der Waals surface area (Å²) in [5.41, 5.74) is 2.64. The van der Waals surface area contributed by atoms with Gasteiger partial charge < -0.3 is 14.9 Å². The van der Waals surface area contributed by atoms with E-state index in [1.165, 1.54) is 18.1 Å². The summed E-state index contributed by atoms with van der Waals surface area (Å²) < 4.78 is 5.69. The third kappa shape index (κ3) is 4.43. The maximum atomic E-state index is 11.8. The van der Waals surface area contributed by atoms with Crippen LogP contribution in [0.15, 0.2) is 23.8 Å². The Bertz CT molecular complexity index is 815. The first-order chi connectivity index (χ1) is 16.0. The maximum absolute atomic E-state index is 11.8. The zero-order valence-electron chi connectivity index (χ0n) is 22.2. The van der Waals surface area contributed by atoms with Crippen LogP contribution in [0.1, 0.15) is 92.4 Å². The number of rotatable bonds is 7. The van der Waals surface area contributed by atoms with Crippen LogP contribution in [0.25, 0.3) is 0 Å². The van der Waals surface area contributed by atoms with Crippen LogP contribution in [0.4, 0.5) is 0 Å². The van der Waals surface area contributed by atoms with Gasteiger partial charge in [0, 0.05) is 12.3 Å². The van der Waals surface area contributed by atoms with Crippen molar-refractivity contribution in [3.8, 4) is 0 Å². The van der Waals surface area contributed by atoms with Crippen molar-refractivity contribution in [3.05, 3.63) is 23.8 Å². The summed E-state index contributed by atoms with van der Waals surface area (Å²) in [6, 6.07) is 0. The Labute approximate surface area is 207 Å². The number of hydrogen-bond acceptors (Lipinski definition) is 4. The summed E-state index contributed by atoms with van der Waals surface area (Å²) in [6.07, 6.45) is 10.6. The molecule has 0 aromatic heterocycles. The Hall–Kier alpha value is -1.13. The molecule has 0 aliphatic heterocycles. The van der Waals surface area contributed by atoms with Gasteiger partial charge in [-0.25, -0.2) is 0 Å². The van der Waals surface area contributed by atoms with Crippen LogP contribution in [0.3, 0.4) is 0 Å². The van der Waals surface area contributed by atoms with E-state index in [-0.39, 0.29) is 29.0 Å². The number of ether oxygens (including phenoxy) is 1. The molecule has 34 heavy (non-hydrogen) atoms. The van der Waals surface area contributed by atoms with E-state index in [1.54, 1.807) is 0 Å². The number of esters is 1. The molecule has 3 fully saturated rings. The summed E-state index contributed by atoms with van der Waals surface area (Å²) in [6.45, 7) is 15.5. The van der Waals surface area contributed by atoms with Crippen molar-refractivity contribution in [2.24, 2.45) is 46.3 Å². The molecule has 0 amide bonds. The molecular formula is C30H48O4. The number of fused-ring (bicyclic) bond motifs is 5. The Kier molecular flexibility index (Phi) is 7.43. The lowest BCUT2D eigenvalue weighted by atomic mass is 9.46. The molecule has 192 valence electrons. The van der Waals surface area contributed by atoms with Crippen molar-refractivity contribution in [2.75, 3.05) is 6.61 Å². The molecule has 0 radical (unpaired) electrons. The van der Waals surface area contributed by atoms with Crippen molar-refractivity contribution in [1.29, 1.82) is 0 Å². The second kappa shape index (κ2) is 9.73. The topological polar surface area (TPSA) is 66.8 Å². The van der Waals surface area contributed by atoms with E-state index in [0.717, 1.165) is 51.4 Å². The van der Waals surface area contributed by atoms with E-state index in [0.29, 0.717) is 48.5 Å². The van der Waals surface area contributed by atoms with Gasteiger partial charge in [-0.1, -0.05) is 51.5 Å². The molecule has 9 atom stereocenters. The first-order valence-electron chi connectivity index (χ1n) is 13.9. The maximum Gasteiger partial charge on any atom is 0.302 e. The quantitative estimate of drug-likeness (QED) is 0.349. The lowest BCUT2D eigenvalue weighted by Crippen LogP contribution is -2.55. The average Bonchev–Trinajstić information content (AvgIpc) is 3.06. The smallest absolute Gasteiger partial charge is 0.302 e. The van der Waals surface area contributed by atoms with Gasteiger partial charge >= 0.3 is 5.97 Å². The van der Waals surface area contributed by atoms with Crippen LogP contribution in [0.2, 0.25) is 0 Å².